The largest absolute Gasteiger partial charge is 0.369 e. The molecule has 0 N–H and O–H groups in total. The van der Waals surface area contributed by atoms with Crippen LogP contribution < -0.4 is 0 Å². The molecule has 2 rings (SSSR count). The van der Waals surface area contributed by atoms with Crippen molar-refractivity contribution in [3.05, 3.63) is 11.1 Å². The Kier molecular flexibility index (Phi) is 2.65. The van der Waals surface area contributed by atoms with Gasteiger partial charge in [0.2, 0.25) is 4.77 Å². The molecule has 0 saturated heterocycles. The maximum Gasteiger partial charge on any atom is 0.272 e. The van der Waals surface area contributed by atoms with Crippen LogP contribution in [0.2, 0.25) is 0 Å². The smallest absolute Gasteiger partial charge is 0.272 e. The predicted molar refractivity (Wildman–Crippen MR) is 62.4 cm³/mol. The molecule has 84 valence electrons. The van der Waals surface area contributed by atoms with Gasteiger partial charge in [0.15, 0.2) is 0 Å². The molecule has 0 atom stereocenters. The van der Waals surface area contributed by atoms with Crippen molar-refractivity contribution in [3.63, 3.8) is 0 Å². The lowest BCUT2D eigenvalue weighted by atomic mass is 10.9. The zero-order valence-corrected chi connectivity index (χ0v) is 10.0. The van der Waals surface area contributed by atoms with Gasteiger partial charge in [-0.1, -0.05) is 0 Å². The second-order valence-electron chi connectivity index (χ2n) is 3.47. The summed E-state index contributed by atoms with van der Waals surface area (Å²) in [6.45, 7) is 0. The predicted octanol–water partition coefficient (Wildman–Crippen LogP) is 0.414. The highest BCUT2D eigenvalue weighted by molar-refractivity contribution is 7.71. The Bertz CT molecular complexity index is 594. The first-order chi connectivity index (χ1) is 7.58. The molecule has 8 heteroatoms. The Morgan fingerprint density at radius 2 is 2.25 bits per heavy atom. The maximum absolute atomic E-state index is 5.17. The molecule has 0 amide bonds. The number of hydrogen-bond donors (Lipinski definition) is 0. The lowest BCUT2D eigenvalue weighted by Crippen LogP contribution is -2.07. The van der Waals surface area contributed by atoms with Crippen molar-refractivity contribution in [1.82, 2.24) is 29.0 Å². The minimum absolute atomic E-state index is 0.346. The van der Waals surface area contributed by atoms with Gasteiger partial charge in [0.1, 0.15) is 6.33 Å². The van der Waals surface area contributed by atoms with E-state index >= 15 is 0 Å². The van der Waals surface area contributed by atoms with Crippen LogP contribution in [0.5, 0.6) is 0 Å². The number of hydrogen-bond acceptors (Lipinski definition) is 5. The van der Waals surface area contributed by atoms with Gasteiger partial charge in [-0.2, -0.15) is 9.50 Å². The number of aliphatic imine (C=N–C) groups is 1. The standard InChI is InChI=1S/C8H11N7S/c1-13(2)4-9-6-11-7-10-5-14(3)8(16)15(7)12-6/h4-5H,1-3H3/b9-4+. The van der Waals surface area contributed by atoms with E-state index in [-0.39, 0.29) is 0 Å². The fraction of sp³-hybridized carbons (Fsp3) is 0.375. The van der Waals surface area contributed by atoms with Gasteiger partial charge in [-0.25, -0.2) is 9.98 Å². The molecule has 0 radical (unpaired) electrons. The van der Waals surface area contributed by atoms with Gasteiger partial charge >= 0.3 is 0 Å². The molecule has 0 unspecified atom stereocenters. The summed E-state index contributed by atoms with van der Waals surface area (Å²) >= 11 is 5.17. The Balaban J connectivity index is 2.53. The van der Waals surface area contributed by atoms with Gasteiger partial charge in [-0.3, -0.25) is 0 Å². The Hall–Kier alpha value is -1.83. The maximum atomic E-state index is 5.17. The minimum Gasteiger partial charge on any atom is -0.369 e. The third kappa shape index (κ3) is 1.91. The molecule has 7 nitrogen and oxygen atoms in total. The van der Waals surface area contributed by atoms with E-state index in [9.17, 15) is 0 Å². The molecule has 0 saturated carbocycles. The zero-order valence-electron chi connectivity index (χ0n) is 9.19. The van der Waals surface area contributed by atoms with Crippen molar-refractivity contribution >= 4 is 30.3 Å². The summed E-state index contributed by atoms with van der Waals surface area (Å²) in [5.41, 5.74) is 0. The Morgan fingerprint density at radius 1 is 1.50 bits per heavy atom. The van der Waals surface area contributed by atoms with Crippen LogP contribution in [0.4, 0.5) is 5.95 Å². The van der Waals surface area contributed by atoms with Crippen molar-refractivity contribution in [2.24, 2.45) is 12.0 Å². The topological polar surface area (TPSA) is 63.6 Å². The molecule has 0 aliphatic heterocycles. The van der Waals surface area contributed by atoms with Crippen molar-refractivity contribution in [2.75, 3.05) is 14.1 Å². The summed E-state index contributed by atoms with van der Waals surface area (Å²) in [5.74, 6) is 0.799. The molecule has 0 aliphatic carbocycles. The highest BCUT2D eigenvalue weighted by Crippen LogP contribution is 2.05. The fourth-order valence-corrected chi connectivity index (χ4v) is 1.23. The molecule has 0 aromatic carbocycles. The quantitative estimate of drug-likeness (QED) is 0.430. The molecule has 0 fully saturated rings. The van der Waals surface area contributed by atoms with E-state index in [0.29, 0.717) is 16.5 Å². The van der Waals surface area contributed by atoms with Crippen molar-refractivity contribution in [2.45, 2.75) is 0 Å². The molecular weight excluding hydrogens is 226 g/mol. The third-order valence-corrected chi connectivity index (χ3v) is 2.27. The summed E-state index contributed by atoms with van der Waals surface area (Å²) < 4.78 is 3.71. The normalized spacial score (nSPS) is 11.4. The van der Waals surface area contributed by atoms with Crippen molar-refractivity contribution in [1.29, 1.82) is 0 Å². The van der Waals surface area contributed by atoms with Gasteiger partial charge in [0.05, 0.1) is 6.34 Å². The lowest BCUT2D eigenvalue weighted by molar-refractivity contribution is 0.642. The molecule has 2 heterocycles. The first-order valence-corrected chi connectivity index (χ1v) is 4.98. The van der Waals surface area contributed by atoms with Crippen LogP contribution in [-0.2, 0) is 7.05 Å². The number of aromatic nitrogens is 5. The molecule has 2 aromatic rings. The molecule has 0 aliphatic rings. The van der Waals surface area contributed by atoms with Crippen molar-refractivity contribution in [3.8, 4) is 0 Å². The molecule has 16 heavy (non-hydrogen) atoms. The summed E-state index contributed by atoms with van der Waals surface area (Å²) in [6.07, 6.45) is 3.23. The number of nitrogens with zero attached hydrogens (tertiary/aromatic N) is 7. The lowest BCUT2D eigenvalue weighted by Gasteiger charge is -1.99. The Morgan fingerprint density at radius 3 is 2.94 bits per heavy atom. The monoisotopic (exact) mass is 237 g/mol. The molecule has 2 aromatic heterocycles. The fourth-order valence-electron chi connectivity index (χ4n) is 1.06. The zero-order chi connectivity index (χ0) is 11.7. The van der Waals surface area contributed by atoms with Crippen LogP contribution in [0.15, 0.2) is 11.3 Å². The number of aryl methyl sites for hydroxylation is 1. The molecular formula is C8H11N7S. The van der Waals surface area contributed by atoms with Gasteiger partial charge < -0.3 is 9.47 Å². The van der Waals surface area contributed by atoms with Crippen LogP contribution in [0.3, 0.4) is 0 Å². The van der Waals surface area contributed by atoms with Crippen LogP contribution in [0.25, 0.3) is 5.78 Å². The van der Waals surface area contributed by atoms with E-state index < -0.39 is 0 Å². The summed E-state index contributed by atoms with van der Waals surface area (Å²) in [5, 5.41) is 4.14. The number of rotatable bonds is 2. The van der Waals surface area contributed by atoms with Gasteiger partial charge in [-0.15, -0.1) is 5.10 Å². The third-order valence-electron chi connectivity index (χ3n) is 1.81. The van der Waals surface area contributed by atoms with E-state index in [1.807, 2.05) is 14.1 Å². The van der Waals surface area contributed by atoms with E-state index in [1.165, 1.54) is 4.52 Å². The average molecular weight is 237 g/mol. The first kappa shape index (κ1) is 10.7. The summed E-state index contributed by atoms with van der Waals surface area (Å²) in [6, 6.07) is 0. The SMILES string of the molecule is CN(C)/C=N/c1nc2ncn(C)c(=S)n2n1. The van der Waals surface area contributed by atoms with Crippen LogP contribution in [0, 0.1) is 4.77 Å². The first-order valence-electron chi connectivity index (χ1n) is 4.57. The van der Waals surface area contributed by atoms with Gasteiger partial charge in [0, 0.05) is 21.1 Å². The molecule has 0 bridgehead atoms. The van der Waals surface area contributed by atoms with Gasteiger partial charge in [0.25, 0.3) is 11.7 Å². The van der Waals surface area contributed by atoms with Crippen LogP contribution in [0.1, 0.15) is 0 Å². The van der Waals surface area contributed by atoms with E-state index in [2.05, 4.69) is 20.1 Å². The van der Waals surface area contributed by atoms with Crippen LogP contribution >= 0.6 is 12.2 Å². The van der Waals surface area contributed by atoms with E-state index in [0.717, 1.165) is 0 Å². The highest BCUT2D eigenvalue weighted by atomic mass is 32.1. The highest BCUT2D eigenvalue weighted by Gasteiger charge is 2.04. The van der Waals surface area contributed by atoms with E-state index in [1.54, 1.807) is 29.2 Å². The van der Waals surface area contributed by atoms with Crippen LogP contribution in [-0.4, -0.2) is 49.5 Å². The Labute approximate surface area is 97.1 Å². The second kappa shape index (κ2) is 3.97. The number of fused-ring (bicyclic) bond motifs is 1. The second-order valence-corrected chi connectivity index (χ2v) is 3.83. The average Bonchev–Trinajstić information content (AvgIpc) is 2.64. The summed E-state index contributed by atoms with van der Waals surface area (Å²) in [4.78, 5) is 14.1. The minimum atomic E-state index is 0.346. The summed E-state index contributed by atoms with van der Waals surface area (Å²) in [7, 11) is 5.55. The molecule has 0 spiro atoms. The van der Waals surface area contributed by atoms with Crippen molar-refractivity contribution < 1.29 is 0 Å². The van der Waals surface area contributed by atoms with E-state index in [4.69, 9.17) is 12.2 Å². The van der Waals surface area contributed by atoms with Gasteiger partial charge in [-0.05, 0) is 12.2 Å².